The van der Waals surface area contributed by atoms with Crippen LogP contribution in [0.1, 0.15) is 20.8 Å². The predicted molar refractivity (Wildman–Crippen MR) is 74.3 cm³/mol. The molecule has 0 spiro atoms. The summed E-state index contributed by atoms with van der Waals surface area (Å²) in [5, 5.41) is 3.77. The molecule has 102 valence electrons. The van der Waals surface area contributed by atoms with Crippen LogP contribution >= 0.6 is 0 Å². The van der Waals surface area contributed by atoms with Crippen LogP contribution in [0.15, 0.2) is 30.5 Å². The van der Waals surface area contributed by atoms with Crippen molar-refractivity contribution in [1.29, 1.82) is 0 Å². The molecule has 4 heteroatoms. The van der Waals surface area contributed by atoms with Crippen molar-refractivity contribution in [2.75, 3.05) is 0 Å². The maximum absolute atomic E-state index is 13.1. The number of carbonyl (C=O) groups is 1. The minimum absolute atomic E-state index is 0.0250. The summed E-state index contributed by atoms with van der Waals surface area (Å²) >= 11 is 0. The maximum atomic E-state index is 13.1. The summed E-state index contributed by atoms with van der Waals surface area (Å²) in [4.78, 5) is 11.9. The molecule has 1 unspecified atom stereocenters. The Kier molecular flexibility index (Phi) is 3.88. The second-order valence-electron chi connectivity index (χ2n) is 5.25. The zero-order valence-corrected chi connectivity index (χ0v) is 11.5. The van der Waals surface area contributed by atoms with E-state index in [0.717, 1.165) is 10.9 Å². The first-order valence-electron chi connectivity index (χ1n) is 6.51. The number of halogens is 1. The van der Waals surface area contributed by atoms with Crippen LogP contribution in [-0.2, 0) is 11.3 Å². The van der Waals surface area contributed by atoms with E-state index in [0.29, 0.717) is 5.92 Å². The summed E-state index contributed by atoms with van der Waals surface area (Å²) in [5.74, 6) is 0.116. The molecule has 0 radical (unpaired) electrons. The van der Waals surface area contributed by atoms with E-state index in [1.807, 2.05) is 23.8 Å². The number of hydrogen-bond acceptors (Lipinski definition) is 1. The van der Waals surface area contributed by atoms with Gasteiger partial charge in [0, 0.05) is 23.1 Å². The molecule has 0 saturated carbocycles. The number of amides is 1. The first-order chi connectivity index (χ1) is 8.97. The molecule has 2 rings (SSSR count). The Bertz CT molecular complexity index is 589. The smallest absolute Gasteiger partial charge is 0.240 e. The SMILES string of the molecule is CC(C)C(C)NC(=O)Cn1ccc2cc(F)ccc21. The second kappa shape index (κ2) is 5.43. The van der Waals surface area contributed by atoms with Gasteiger partial charge in [-0.25, -0.2) is 4.39 Å². The van der Waals surface area contributed by atoms with Gasteiger partial charge in [0.25, 0.3) is 0 Å². The summed E-state index contributed by atoms with van der Waals surface area (Å²) in [6, 6.07) is 6.54. The normalized spacial score (nSPS) is 12.9. The van der Waals surface area contributed by atoms with Gasteiger partial charge in [-0.2, -0.15) is 0 Å². The topological polar surface area (TPSA) is 34.0 Å². The number of benzene rings is 1. The van der Waals surface area contributed by atoms with E-state index in [4.69, 9.17) is 0 Å². The summed E-state index contributed by atoms with van der Waals surface area (Å²) in [7, 11) is 0. The van der Waals surface area contributed by atoms with Gasteiger partial charge in [-0.3, -0.25) is 4.79 Å². The average molecular weight is 262 g/mol. The molecule has 0 aliphatic carbocycles. The van der Waals surface area contributed by atoms with Crippen molar-refractivity contribution in [3.8, 4) is 0 Å². The Morgan fingerprint density at radius 3 is 2.74 bits per heavy atom. The van der Waals surface area contributed by atoms with Gasteiger partial charge in [-0.15, -0.1) is 0 Å². The van der Waals surface area contributed by atoms with Gasteiger partial charge in [0.15, 0.2) is 0 Å². The van der Waals surface area contributed by atoms with Crippen LogP contribution in [0, 0.1) is 11.7 Å². The molecule has 2 aromatic rings. The number of carbonyl (C=O) groups excluding carboxylic acids is 1. The minimum Gasteiger partial charge on any atom is -0.352 e. The van der Waals surface area contributed by atoms with Crippen LogP contribution in [0.25, 0.3) is 10.9 Å². The van der Waals surface area contributed by atoms with Crippen LogP contribution < -0.4 is 5.32 Å². The average Bonchev–Trinajstić information content (AvgIpc) is 2.71. The van der Waals surface area contributed by atoms with Crippen molar-refractivity contribution >= 4 is 16.8 Å². The van der Waals surface area contributed by atoms with Gasteiger partial charge >= 0.3 is 0 Å². The third-order valence-corrected chi connectivity index (χ3v) is 3.44. The number of fused-ring (bicyclic) bond motifs is 1. The van der Waals surface area contributed by atoms with Gasteiger partial charge in [-0.1, -0.05) is 13.8 Å². The van der Waals surface area contributed by atoms with Crippen molar-refractivity contribution in [2.45, 2.75) is 33.4 Å². The van der Waals surface area contributed by atoms with Crippen LogP contribution in [0.2, 0.25) is 0 Å². The van der Waals surface area contributed by atoms with E-state index in [1.54, 1.807) is 6.07 Å². The highest BCUT2D eigenvalue weighted by molar-refractivity contribution is 5.83. The Labute approximate surface area is 112 Å². The monoisotopic (exact) mass is 262 g/mol. The van der Waals surface area contributed by atoms with Crippen molar-refractivity contribution in [1.82, 2.24) is 9.88 Å². The summed E-state index contributed by atoms with van der Waals surface area (Å²) in [6.07, 6.45) is 1.81. The number of hydrogen-bond donors (Lipinski definition) is 1. The summed E-state index contributed by atoms with van der Waals surface area (Å²) in [5.41, 5.74) is 0.869. The highest BCUT2D eigenvalue weighted by Gasteiger charge is 2.12. The fourth-order valence-electron chi connectivity index (χ4n) is 1.93. The lowest BCUT2D eigenvalue weighted by Crippen LogP contribution is -2.38. The minimum atomic E-state index is -0.261. The Balaban J connectivity index is 2.11. The summed E-state index contributed by atoms with van der Waals surface area (Å²) < 4.78 is 14.9. The third kappa shape index (κ3) is 3.13. The quantitative estimate of drug-likeness (QED) is 0.903. The maximum Gasteiger partial charge on any atom is 0.240 e. The molecule has 3 nitrogen and oxygen atoms in total. The Hall–Kier alpha value is -1.84. The van der Waals surface area contributed by atoms with Gasteiger partial charge < -0.3 is 9.88 Å². The standard InChI is InChI=1S/C15H19FN2O/c1-10(2)11(3)17-15(19)9-18-7-6-12-8-13(16)4-5-14(12)18/h4-8,10-11H,9H2,1-3H3,(H,17,19). The predicted octanol–water partition coefficient (Wildman–Crippen LogP) is 2.94. The Morgan fingerprint density at radius 1 is 1.32 bits per heavy atom. The Morgan fingerprint density at radius 2 is 2.05 bits per heavy atom. The lowest BCUT2D eigenvalue weighted by Gasteiger charge is -2.17. The first kappa shape index (κ1) is 13.6. The molecule has 19 heavy (non-hydrogen) atoms. The fraction of sp³-hybridized carbons (Fsp3) is 0.400. The van der Waals surface area contributed by atoms with Gasteiger partial charge in [0.1, 0.15) is 12.4 Å². The molecular formula is C15H19FN2O. The second-order valence-corrected chi connectivity index (χ2v) is 5.25. The molecule has 1 atom stereocenters. The van der Waals surface area contributed by atoms with Crippen LogP contribution in [-0.4, -0.2) is 16.5 Å². The molecule has 0 saturated heterocycles. The molecule has 0 fully saturated rings. The van der Waals surface area contributed by atoms with Crippen molar-refractivity contribution < 1.29 is 9.18 Å². The van der Waals surface area contributed by atoms with Gasteiger partial charge in [0.2, 0.25) is 5.91 Å². The molecule has 1 amide bonds. The number of nitrogens with one attached hydrogen (secondary N) is 1. The van der Waals surface area contributed by atoms with Crippen molar-refractivity contribution in [3.63, 3.8) is 0 Å². The molecule has 1 aromatic heterocycles. The van der Waals surface area contributed by atoms with Crippen LogP contribution in [0.3, 0.4) is 0 Å². The van der Waals surface area contributed by atoms with E-state index < -0.39 is 0 Å². The number of aromatic nitrogens is 1. The zero-order chi connectivity index (χ0) is 14.0. The van der Waals surface area contributed by atoms with E-state index in [-0.39, 0.29) is 24.3 Å². The van der Waals surface area contributed by atoms with Gasteiger partial charge in [-0.05, 0) is 37.1 Å². The third-order valence-electron chi connectivity index (χ3n) is 3.44. The van der Waals surface area contributed by atoms with E-state index in [2.05, 4.69) is 19.2 Å². The fourth-order valence-corrected chi connectivity index (χ4v) is 1.93. The molecular weight excluding hydrogens is 243 g/mol. The summed E-state index contributed by atoms with van der Waals surface area (Å²) in [6.45, 7) is 6.38. The lowest BCUT2D eigenvalue weighted by molar-refractivity contribution is -0.122. The zero-order valence-electron chi connectivity index (χ0n) is 11.5. The van der Waals surface area contributed by atoms with Gasteiger partial charge in [0.05, 0.1) is 0 Å². The van der Waals surface area contributed by atoms with E-state index in [9.17, 15) is 9.18 Å². The first-order valence-corrected chi connectivity index (χ1v) is 6.51. The number of rotatable bonds is 4. The molecule has 1 N–H and O–H groups in total. The van der Waals surface area contributed by atoms with Crippen LogP contribution in [0.4, 0.5) is 4.39 Å². The number of nitrogens with zero attached hydrogens (tertiary/aromatic N) is 1. The highest BCUT2D eigenvalue weighted by atomic mass is 19.1. The van der Waals surface area contributed by atoms with E-state index in [1.165, 1.54) is 12.1 Å². The molecule has 1 aromatic carbocycles. The molecule has 0 bridgehead atoms. The molecule has 0 aliphatic rings. The van der Waals surface area contributed by atoms with Crippen LogP contribution in [0.5, 0.6) is 0 Å². The largest absolute Gasteiger partial charge is 0.352 e. The highest BCUT2D eigenvalue weighted by Crippen LogP contribution is 2.16. The molecule has 0 aliphatic heterocycles. The van der Waals surface area contributed by atoms with Crippen molar-refractivity contribution in [3.05, 3.63) is 36.3 Å². The van der Waals surface area contributed by atoms with E-state index >= 15 is 0 Å². The molecule has 1 heterocycles. The lowest BCUT2D eigenvalue weighted by atomic mass is 10.1. The van der Waals surface area contributed by atoms with Crippen molar-refractivity contribution in [2.24, 2.45) is 5.92 Å².